The maximum Gasteiger partial charge on any atom is 0.265 e. The van der Waals surface area contributed by atoms with Crippen molar-refractivity contribution in [2.75, 3.05) is 19.7 Å². The van der Waals surface area contributed by atoms with Gasteiger partial charge < -0.3 is 10.0 Å². The van der Waals surface area contributed by atoms with Crippen LogP contribution in [0, 0.1) is 23.7 Å². The zero-order valence-corrected chi connectivity index (χ0v) is 12.9. The van der Waals surface area contributed by atoms with E-state index in [1.54, 1.807) is 0 Å². The normalized spacial score (nSPS) is 22.2. The highest BCUT2D eigenvalue weighted by Crippen LogP contribution is 2.26. The van der Waals surface area contributed by atoms with Gasteiger partial charge in [0.1, 0.15) is 4.88 Å². The summed E-state index contributed by atoms with van der Waals surface area (Å²) in [4.78, 5) is 15.3. The number of piperidine rings is 1. The molecule has 1 amide bonds. The van der Waals surface area contributed by atoms with Crippen LogP contribution >= 0.6 is 11.3 Å². The van der Waals surface area contributed by atoms with E-state index in [0.717, 1.165) is 30.0 Å². The minimum absolute atomic E-state index is 0.0575. The summed E-state index contributed by atoms with van der Waals surface area (Å²) in [5, 5.41) is 10.7. The molecule has 1 aromatic rings. The fourth-order valence-corrected chi connectivity index (χ4v) is 3.19. The minimum Gasteiger partial charge on any atom is -0.395 e. The smallest absolute Gasteiger partial charge is 0.265 e. The van der Waals surface area contributed by atoms with Crippen molar-refractivity contribution in [1.29, 1.82) is 0 Å². The highest BCUT2D eigenvalue weighted by Gasteiger charge is 2.27. The molecule has 4 heteroatoms. The number of carbonyl (C=O) groups excluding carboxylic acids is 1. The summed E-state index contributed by atoms with van der Waals surface area (Å²) in [5.74, 6) is 7.22. The Morgan fingerprint density at radius 3 is 3.00 bits per heavy atom. The van der Waals surface area contributed by atoms with Crippen LogP contribution in [0.1, 0.15) is 41.9 Å². The first kappa shape index (κ1) is 15.1. The fraction of sp³-hybridized carbons (Fsp3) is 0.562. The summed E-state index contributed by atoms with van der Waals surface area (Å²) >= 11 is 1.46. The van der Waals surface area contributed by atoms with Crippen molar-refractivity contribution < 1.29 is 9.90 Å². The summed E-state index contributed by atoms with van der Waals surface area (Å²) in [6, 6.07) is 1.89. The molecule has 1 aliphatic rings. The zero-order chi connectivity index (χ0) is 14.5. The molecule has 0 spiro atoms. The Kier molecular flexibility index (Phi) is 5.22. The highest BCUT2D eigenvalue weighted by atomic mass is 32.1. The van der Waals surface area contributed by atoms with E-state index in [-0.39, 0.29) is 12.5 Å². The summed E-state index contributed by atoms with van der Waals surface area (Å²) in [6.07, 6.45) is 1.52. The van der Waals surface area contributed by atoms with Crippen LogP contribution in [-0.4, -0.2) is 35.6 Å². The molecule has 1 fully saturated rings. The maximum absolute atomic E-state index is 12.6. The van der Waals surface area contributed by atoms with Crippen LogP contribution in [-0.2, 0) is 0 Å². The molecule has 2 atom stereocenters. The zero-order valence-electron chi connectivity index (χ0n) is 12.1. The predicted molar refractivity (Wildman–Crippen MR) is 81.7 cm³/mol. The van der Waals surface area contributed by atoms with E-state index in [1.165, 1.54) is 11.3 Å². The molecule has 0 aliphatic carbocycles. The van der Waals surface area contributed by atoms with Crippen molar-refractivity contribution in [3.05, 3.63) is 21.9 Å². The maximum atomic E-state index is 12.6. The van der Waals surface area contributed by atoms with Crippen molar-refractivity contribution >= 4 is 17.2 Å². The average molecular weight is 291 g/mol. The van der Waals surface area contributed by atoms with Crippen LogP contribution in [0.2, 0.25) is 0 Å². The van der Waals surface area contributed by atoms with E-state index < -0.39 is 0 Å². The number of thiophene rings is 1. The second-order valence-corrected chi connectivity index (χ2v) is 6.35. The fourth-order valence-electron chi connectivity index (χ4n) is 2.38. The van der Waals surface area contributed by atoms with Gasteiger partial charge in [0.25, 0.3) is 5.91 Å². The van der Waals surface area contributed by atoms with E-state index in [2.05, 4.69) is 25.7 Å². The molecule has 1 N–H and O–H groups in total. The minimum atomic E-state index is 0.0575. The van der Waals surface area contributed by atoms with E-state index in [1.807, 2.05) is 16.3 Å². The lowest BCUT2D eigenvalue weighted by Crippen LogP contribution is -2.42. The van der Waals surface area contributed by atoms with Gasteiger partial charge in [-0.3, -0.25) is 4.79 Å². The number of rotatable bonds is 2. The molecule has 3 nitrogen and oxygen atoms in total. The molecule has 2 unspecified atom stereocenters. The van der Waals surface area contributed by atoms with Gasteiger partial charge >= 0.3 is 0 Å². The van der Waals surface area contributed by atoms with Crippen molar-refractivity contribution in [3.8, 4) is 11.8 Å². The number of carbonyl (C=O) groups is 1. The third-order valence-corrected chi connectivity index (χ3v) is 4.84. The molecule has 1 aliphatic heterocycles. The molecule has 1 saturated heterocycles. The quantitative estimate of drug-likeness (QED) is 0.851. The molecular weight excluding hydrogens is 270 g/mol. The topological polar surface area (TPSA) is 40.5 Å². The van der Waals surface area contributed by atoms with Crippen LogP contribution in [0.4, 0.5) is 0 Å². The molecule has 0 radical (unpaired) electrons. The first-order chi connectivity index (χ1) is 9.63. The van der Waals surface area contributed by atoms with Gasteiger partial charge in [0.15, 0.2) is 0 Å². The van der Waals surface area contributed by atoms with Crippen molar-refractivity contribution in [2.24, 2.45) is 11.8 Å². The molecule has 108 valence electrons. The Labute approximate surface area is 124 Å². The number of nitrogens with zero attached hydrogens (tertiary/aromatic N) is 1. The van der Waals surface area contributed by atoms with Crippen LogP contribution in [0.5, 0.6) is 0 Å². The first-order valence-corrected chi connectivity index (χ1v) is 7.98. The number of hydrogen-bond donors (Lipinski definition) is 1. The average Bonchev–Trinajstić information content (AvgIpc) is 2.90. The molecular formula is C16H21NO2S. The molecule has 0 saturated carbocycles. The third-order valence-electron chi connectivity index (χ3n) is 3.94. The number of aliphatic hydroxyl groups is 1. The van der Waals surface area contributed by atoms with Gasteiger partial charge in [0.2, 0.25) is 0 Å². The van der Waals surface area contributed by atoms with Crippen LogP contribution in [0.3, 0.4) is 0 Å². The largest absolute Gasteiger partial charge is 0.395 e. The molecule has 2 rings (SSSR count). The van der Waals surface area contributed by atoms with Gasteiger partial charge in [0, 0.05) is 25.1 Å². The Morgan fingerprint density at radius 1 is 1.50 bits per heavy atom. The number of amides is 1. The molecule has 20 heavy (non-hydrogen) atoms. The number of likely N-dealkylation sites (tertiary alicyclic amines) is 1. The van der Waals surface area contributed by atoms with E-state index in [4.69, 9.17) is 5.11 Å². The van der Waals surface area contributed by atoms with Gasteiger partial charge in [-0.25, -0.2) is 0 Å². The summed E-state index contributed by atoms with van der Waals surface area (Å²) < 4.78 is 0. The third kappa shape index (κ3) is 3.41. The van der Waals surface area contributed by atoms with Gasteiger partial charge in [-0.05, 0) is 29.7 Å². The van der Waals surface area contributed by atoms with E-state index in [9.17, 15) is 4.79 Å². The second-order valence-electron chi connectivity index (χ2n) is 5.43. The Balaban J connectivity index is 2.10. The second kappa shape index (κ2) is 6.92. The lowest BCUT2D eigenvalue weighted by Gasteiger charge is -2.35. The number of aliphatic hydroxyl groups excluding tert-OH is 1. The van der Waals surface area contributed by atoms with Gasteiger partial charge in [-0.1, -0.05) is 25.7 Å². The Morgan fingerprint density at radius 2 is 2.30 bits per heavy atom. The SMILES string of the molecule is CC1CCN(C(=O)c2sccc2C#CCCO)CC1C. The van der Waals surface area contributed by atoms with Crippen LogP contribution in [0.25, 0.3) is 0 Å². The lowest BCUT2D eigenvalue weighted by molar-refractivity contribution is 0.0632. The monoisotopic (exact) mass is 291 g/mol. The standard InChI is InChI=1S/C16H21NO2S/c1-12-6-8-17(11-13(12)2)16(19)15-14(7-10-20-15)5-3-4-9-18/h7,10,12-13,18H,4,6,8-9,11H2,1-2H3. The summed E-state index contributed by atoms with van der Waals surface area (Å²) in [5.41, 5.74) is 0.791. The Hall–Kier alpha value is -1.31. The van der Waals surface area contributed by atoms with Gasteiger partial charge in [-0.2, -0.15) is 0 Å². The van der Waals surface area contributed by atoms with Crippen molar-refractivity contribution in [3.63, 3.8) is 0 Å². The Bertz CT molecular complexity index is 526. The lowest BCUT2D eigenvalue weighted by atomic mass is 9.88. The van der Waals surface area contributed by atoms with Crippen molar-refractivity contribution in [1.82, 2.24) is 4.90 Å². The van der Waals surface area contributed by atoms with Gasteiger partial charge in [0.05, 0.1) is 6.61 Å². The molecule has 1 aromatic heterocycles. The van der Waals surface area contributed by atoms with Crippen LogP contribution in [0.15, 0.2) is 11.4 Å². The van der Waals surface area contributed by atoms with Gasteiger partial charge in [-0.15, -0.1) is 11.3 Å². The van der Waals surface area contributed by atoms with E-state index >= 15 is 0 Å². The highest BCUT2D eigenvalue weighted by molar-refractivity contribution is 7.12. The first-order valence-electron chi connectivity index (χ1n) is 7.10. The molecule has 0 aromatic carbocycles. The van der Waals surface area contributed by atoms with Crippen molar-refractivity contribution in [2.45, 2.75) is 26.7 Å². The predicted octanol–water partition coefficient (Wildman–Crippen LogP) is 2.60. The summed E-state index contributed by atoms with van der Waals surface area (Å²) in [7, 11) is 0. The molecule has 2 heterocycles. The van der Waals surface area contributed by atoms with Crippen LogP contribution < -0.4 is 0 Å². The van der Waals surface area contributed by atoms with E-state index in [0.29, 0.717) is 18.3 Å². The summed E-state index contributed by atoms with van der Waals surface area (Å²) in [6.45, 7) is 6.19. The molecule has 0 bridgehead atoms. The number of hydrogen-bond acceptors (Lipinski definition) is 3.